The molecule has 1 heterocycles. The van der Waals surface area contributed by atoms with Gasteiger partial charge in [-0.2, -0.15) is 0 Å². The van der Waals surface area contributed by atoms with Crippen LogP contribution in [0.5, 0.6) is 0 Å². The van der Waals surface area contributed by atoms with Crippen LogP contribution < -0.4 is 11.1 Å². The zero-order valence-electron chi connectivity index (χ0n) is 12.1. The van der Waals surface area contributed by atoms with Gasteiger partial charge < -0.3 is 16.0 Å². The van der Waals surface area contributed by atoms with Crippen molar-refractivity contribution in [1.29, 1.82) is 0 Å². The highest BCUT2D eigenvalue weighted by atomic mass is 35.5. The van der Waals surface area contributed by atoms with Crippen LogP contribution in [0.25, 0.3) is 0 Å². The average Bonchev–Trinajstić information content (AvgIpc) is 2.47. The summed E-state index contributed by atoms with van der Waals surface area (Å²) in [7, 11) is 0. The van der Waals surface area contributed by atoms with Crippen molar-refractivity contribution in [3.63, 3.8) is 0 Å². The number of nitrogens with one attached hydrogen (secondary N) is 1. The summed E-state index contributed by atoms with van der Waals surface area (Å²) in [4.78, 5) is 25.3. The molecule has 6 heteroatoms. The number of urea groups is 1. The molecule has 0 aliphatic carbocycles. The molecule has 3 N–H and O–H groups in total. The molecule has 1 aromatic carbocycles. The minimum Gasteiger partial charge on any atom is -0.352 e. The Morgan fingerprint density at radius 2 is 2.19 bits per heavy atom. The topological polar surface area (TPSA) is 75.4 Å². The summed E-state index contributed by atoms with van der Waals surface area (Å²) in [5.41, 5.74) is 6.63. The quantitative estimate of drug-likeness (QED) is 0.899. The molecule has 2 rings (SSSR count). The largest absolute Gasteiger partial charge is 0.352 e. The standard InChI is InChI=1S/C15H20ClN3O2/c1-10-5-6-11(8-13(10)16)14(20)19-7-3-2-4-12(19)9-18-15(17)21/h5-6,8,12H,2-4,7,9H2,1H3,(H3,17,18,21)/t12-/m0/s1. The first-order valence-corrected chi connectivity index (χ1v) is 7.47. The smallest absolute Gasteiger partial charge is 0.312 e. The van der Waals surface area contributed by atoms with E-state index in [9.17, 15) is 9.59 Å². The second-order valence-electron chi connectivity index (χ2n) is 5.36. The Hall–Kier alpha value is -1.75. The fourth-order valence-corrected chi connectivity index (χ4v) is 2.77. The first-order chi connectivity index (χ1) is 9.99. The van der Waals surface area contributed by atoms with Crippen LogP contribution in [0.2, 0.25) is 5.02 Å². The number of carbonyl (C=O) groups is 2. The number of piperidine rings is 1. The second-order valence-corrected chi connectivity index (χ2v) is 5.76. The van der Waals surface area contributed by atoms with Crippen molar-refractivity contribution in [3.8, 4) is 0 Å². The Morgan fingerprint density at radius 1 is 1.43 bits per heavy atom. The maximum Gasteiger partial charge on any atom is 0.312 e. The third-order valence-corrected chi connectivity index (χ3v) is 4.23. The Morgan fingerprint density at radius 3 is 2.86 bits per heavy atom. The van der Waals surface area contributed by atoms with Crippen LogP contribution >= 0.6 is 11.6 Å². The van der Waals surface area contributed by atoms with E-state index in [4.69, 9.17) is 17.3 Å². The van der Waals surface area contributed by atoms with Gasteiger partial charge in [0, 0.05) is 29.7 Å². The maximum absolute atomic E-state index is 12.6. The molecule has 1 aliphatic rings. The van der Waals surface area contributed by atoms with Crippen molar-refractivity contribution in [2.45, 2.75) is 32.2 Å². The Bertz CT molecular complexity index is 548. The first kappa shape index (κ1) is 15.6. The van der Waals surface area contributed by atoms with E-state index in [1.54, 1.807) is 17.0 Å². The van der Waals surface area contributed by atoms with Gasteiger partial charge in [-0.05, 0) is 43.9 Å². The summed E-state index contributed by atoms with van der Waals surface area (Å²) in [5, 5.41) is 3.18. The molecular formula is C15H20ClN3O2. The number of benzene rings is 1. The Labute approximate surface area is 129 Å². The van der Waals surface area contributed by atoms with E-state index in [0.717, 1.165) is 24.8 Å². The van der Waals surface area contributed by atoms with Crippen molar-refractivity contribution >= 4 is 23.5 Å². The van der Waals surface area contributed by atoms with Gasteiger partial charge in [-0.1, -0.05) is 17.7 Å². The summed E-state index contributed by atoms with van der Waals surface area (Å²) < 4.78 is 0. The number of likely N-dealkylation sites (tertiary alicyclic amines) is 1. The van der Waals surface area contributed by atoms with E-state index < -0.39 is 6.03 Å². The van der Waals surface area contributed by atoms with Crippen LogP contribution in [0.1, 0.15) is 35.2 Å². The van der Waals surface area contributed by atoms with E-state index in [0.29, 0.717) is 23.7 Å². The van der Waals surface area contributed by atoms with Crippen LogP contribution in [0, 0.1) is 6.92 Å². The molecule has 0 unspecified atom stereocenters. The summed E-state index contributed by atoms with van der Waals surface area (Å²) in [6, 6.07) is 4.75. The molecule has 1 aliphatic heterocycles. The number of nitrogens with two attached hydrogens (primary N) is 1. The third kappa shape index (κ3) is 3.88. The van der Waals surface area contributed by atoms with Crippen LogP contribution in [0.3, 0.4) is 0 Å². The molecule has 1 fully saturated rings. The van der Waals surface area contributed by atoms with Crippen LogP contribution in [-0.2, 0) is 0 Å². The van der Waals surface area contributed by atoms with Gasteiger partial charge in [0.15, 0.2) is 0 Å². The highest BCUT2D eigenvalue weighted by molar-refractivity contribution is 6.31. The normalized spacial score (nSPS) is 18.4. The van der Waals surface area contributed by atoms with E-state index in [2.05, 4.69) is 5.32 Å². The number of amides is 3. The number of carbonyl (C=O) groups excluding carboxylic acids is 2. The number of halogens is 1. The van der Waals surface area contributed by atoms with Gasteiger partial charge in [-0.15, -0.1) is 0 Å². The van der Waals surface area contributed by atoms with Gasteiger partial charge >= 0.3 is 6.03 Å². The fraction of sp³-hybridized carbons (Fsp3) is 0.467. The van der Waals surface area contributed by atoms with E-state index >= 15 is 0 Å². The lowest BCUT2D eigenvalue weighted by Crippen LogP contribution is -2.50. The summed E-state index contributed by atoms with van der Waals surface area (Å²) >= 11 is 6.09. The van der Waals surface area contributed by atoms with Crippen molar-refractivity contribution in [3.05, 3.63) is 34.3 Å². The molecule has 5 nitrogen and oxygen atoms in total. The molecule has 1 aromatic rings. The van der Waals surface area contributed by atoms with Gasteiger partial charge in [0.2, 0.25) is 0 Å². The van der Waals surface area contributed by atoms with Crippen molar-refractivity contribution in [2.24, 2.45) is 5.73 Å². The van der Waals surface area contributed by atoms with Crippen molar-refractivity contribution < 1.29 is 9.59 Å². The van der Waals surface area contributed by atoms with Crippen molar-refractivity contribution in [2.75, 3.05) is 13.1 Å². The maximum atomic E-state index is 12.6. The number of primary amides is 1. The number of hydrogen-bond donors (Lipinski definition) is 2. The zero-order chi connectivity index (χ0) is 15.4. The highest BCUT2D eigenvalue weighted by Crippen LogP contribution is 2.22. The van der Waals surface area contributed by atoms with Crippen LogP contribution in [-0.4, -0.2) is 36.0 Å². The predicted octanol–water partition coefficient (Wildman–Crippen LogP) is 2.31. The third-order valence-electron chi connectivity index (χ3n) is 3.82. The predicted molar refractivity (Wildman–Crippen MR) is 82.5 cm³/mol. The van der Waals surface area contributed by atoms with Gasteiger partial charge in [0.1, 0.15) is 0 Å². The minimum atomic E-state index is -0.564. The minimum absolute atomic E-state index is 0.0150. The van der Waals surface area contributed by atoms with Gasteiger partial charge in [0.25, 0.3) is 5.91 Å². The highest BCUT2D eigenvalue weighted by Gasteiger charge is 2.27. The van der Waals surface area contributed by atoms with Crippen LogP contribution in [0.15, 0.2) is 18.2 Å². The Balaban J connectivity index is 2.13. The lowest BCUT2D eigenvalue weighted by atomic mass is 10.0. The molecule has 1 saturated heterocycles. The molecule has 3 amide bonds. The fourth-order valence-electron chi connectivity index (χ4n) is 2.59. The monoisotopic (exact) mass is 309 g/mol. The average molecular weight is 310 g/mol. The second kappa shape index (κ2) is 6.80. The van der Waals surface area contributed by atoms with Crippen LogP contribution in [0.4, 0.5) is 4.79 Å². The molecule has 0 spiro atoms. The summed E-state index contributed by atoms with van der Waals surface area (Å²) in [6.07, 6.45) is 2.88. The van der Waals surface area contributed by atoms with E-state index in [-0.39, 0.29) is 11.9 Å². The lowest BCUT2D eigenvalue weighted by molar-refractivity contribution is 0.0615. The SMILES string of the molecule is Cc1ccc(C(=O)N2CCCC[C@H]2CNC(N)=O)cc1Cl. The molecule has 0 radical (unpaired) electrons. The molecule has 114 valence electrons. The molecule has 1 atom stereocenters. The van der Waals surface area contributed by atoms with Gasteiger partial charge in [0.05, 0.1) is 0 Å². The Kier molecular flexibility index (Phi) is 5.07. The zero-order valence-corrected chi connectivity index (χ0v) is 12.8. The van der Waals surface area contributed by atoms with Crippen molar-refractivity contribution in [1.82, 2.24) is 10.2 Å². The number of aryl methyl sites for hydroxylation is 1. The summed E-state index contributed by atoms with van der Waals surface area (Å²) in [6.45, 7) is 2.98. The van der Waals surface area contributed by atoms with Gasteiger partial charge in [-0.25, -0.2) is 4.79 Å². The molecule has 21 heavy (non-hydrogen) atoms. The molecular weight excluding hydrogens is 290 g/mol. The lowest BCUT2D eigenvalue weighted by Gasteiger charge is -2.36. The number of hydrogen-bond acceptors (Lipinski definition) is 2. The summed E-state index contributed by atoms with van der Waals surface area (Å²) in [5.74, 6) is -0.0483. The molecule has 0 saturated carbocycles. The molecule has 0 bridgehead atoms. The molecule has 0 aromatic heterocycles. The van der Waals surface area contributed by atoms with E-state index in [1.807, 2.05) is 13.0 Å². The van der Waals surface area contributed by atoms with E-state index in [1.165, 1.54) is 0 Å². The number of nitrogens with zero attached hydrogens (tertiary/aromatic N) is 1. The number of rotatable bonds is 3. The van der Waals surface area contributed by atoms with Gasteiger partial charge in [-0.3, -0.25) is 4.79 Å². The first-order valence-electron chi connectivity index (χ1n) is 7.09.